The molecule has 0 saturated carbocycles. The molecule has 0 saturated heterocycles. The summed E-state index contributed by atoms with van der Waals surface area (Å²) in [7, 11) is 0. The third-order valence-electron chi connectivity index (χ3n) is 2.06. The van der Waals surface area contributed by atoms with Crippen LogP contribution in [-0.4, -0.2) is 0 Å². The van der Waals surface area contributed by atoms with Gasteiger partial charge in [0.15, 0.2) is 0 Å². The molecule has 0 aliphatic rings. The Kier molecular flexibility index (Phi) is 4.58. The van der Waals surface area contributed by atoms with Crippen LogP contribution in [0.5, 0.6) is 0 Å². The first-order chi connectivity index (χ1) is 7.18. The lowest BCUT2D eigenvalue weighted by Gasteiger charge is -1.87. The van der Waals surface area contributed by atoms with Crippen molar-refractivity contribution in [2.75, 3.05) is 0 Å². The molecule has 0 heterocycles. The zero-order valence-corrected chi connectivity index (χ0v) is 9.40. The Balaban J connectivity index is 0.000000151. The summed E-state index contributed by atoms with van der Waals surface area (Å²) in [4.78, 5) is 0. The predicted molar refractivity (Wildman–Crippen MR) is 64.9 cm³/mol. The van der Waals surface area contributed by atoms with Crippen LogP contribution in [0.2, 0.25) is 0 Å². The molecule has 0 spiro atoms. The average molecular weight is 200 g/mol. The van der Waals surface area contributed by atoms with Gasteiger partial charge in [0.05, 0.1) is 0 Å². The standard InChI is InChI=1S/C7H9N.C7H8/c1-6-2-4-7(8)5-3-6;1-7-5-3-2-4-6-7/h2-5H,8H2,1H3;2-6H,1H3/p+1. The average Bonchev–Trinajstić information content (AvgIpc) is 2.25. The van der Waals surface area contributed by atoms with Crippen LogP contribution in [0.3, 0.4) is 0 Å². The van der Waals surface area contributed by atoms with Crippen molar-refractivity contribution in [3.05, 3.63) is 65.7 Å². The first kappa shape index (κ1) is 11.5. The summed E-state index contributed by atoms with van der Waals surface area (Å²) in [5.41, 5.74) is 7.45. The van der Waals surface area contributed by atoms with Crippen LogP contribution in [0.4, 0.5) is 5.69 Å². The van der Waals surface area contributed by atoms with E-state index in [-0.39, 0.29) is 0 Å². The predicted octanol–water partition coefficient (Wildman–Crippen LogP) is 2.86. The van der Waals surface area contributed by atoms with Gasteiger partial charge in [-0.1, -0.05) is 53.6 Å². The zero-order valence-electron chi connectivity index (χ0n) is 9.40. The molecule has 0 aromatic heterocycles. The SMILES string of the molecule is Cc1ccc([NH3+])cc1.Cc1ccccc1. The van der Waals surface area contributed by atoms with Crippen molar-refractivity contribution in [1.82, 2.24) is 0 Å². The van der Waals surface area contributed by atoms with Gasteiger partial charge in [-0.25, -0.2) is 0 Å². The van der Waals surface area contributed by atoms with Gasteiger partial charge in [-0.15, -0.1) is 0 Å². The van der Waals surface area contributed by atoms with Gasteiger partial charge in [-0.3, -0.25) is 0 Å². The summed E-state index contributed by atoms with van der Waals surface area (Å²) >= 11 is 0. The molecule has 2 aromatic carbocycles. The Labute approximate surface area is 91.6 Å². The highest BCUT2D eigenvalue weighted by molar-refractivity contribution is 5.30. The van der Waals surface area contributed by atoms with Crippen molar-refractivity contribution in [1.29, 1.82) is 0 Å². The fourth-order valence-electron chi connectivity index (χ4n) is 1.12. The van der Waals surface area contributed by atoms with E-state index in [1.165, 1.54) is 11.1 Å². The molecule has 1 nitrogen and oxygen atoms in total. The molecule has 0 aliphatic heterocycles. The number of hydrogen-bond donors (Lipinski definition) is 1. The maximum atomic E-state index is 3.76. The summed E-state index contributed by atoms with van der Waals surface area (Å²) in [5.74, 6) is 0. The topological polar surface area (TPSA) is 27.6 Å². The lowest BCUT2D eigenvalue weighted by atomic mass is 10.2. The van der Waals surface area contributed by atoms with E-state index >= 15 is 0 Å². The Bertz CT molecular complexity index is 355. The highest BCUT2D eigenvalue weighted by Gasteiger charge is 1.83. The molecular formula is C14H18N+. The van der Waals surface area contributed by atoms with Crippen LogP contribution in [-0.2, 0) is 0 Å². The summed E-state index contributed by atoms with van der Waals surface area (Å²) in [5, 5.41) is 0. The molecule has 0 amide bonds. The molecule has 0 unspecified atom stereocenters. The van der Waals surface area contributed by atoms with Crippen LogP contribution in [0.1, 0.15) is 11.1 Å². The van der Waals surface area contributed by atoms with Crippen LogP contribution < -0.4 is 5.73 Å². The second-order valence-corrected chi connectivity index (χ2v) is 3.64. The minimum atomic E-state index is 1.08. The Hall–Kier alpha value is -1.60. The number of benzene rings is 2. The van der Waals surface area contributed by atoms with E-state index in [1.54, 1.807) is 0 Å². The minimum absolute atomic E-state index is 1.08. The molecule has 0 bridgehead atoms. The Morgan fingerprint density at radius 1 is 0.667 bits per heavy atom. The second-order valence-electron chi connectivity index (χ2n) is 3.64. The van der Waals surface area contributed by atoms with E-state index < -0.39 is 0 Å². The normalized spacial score (nSPS) is 9.00. The van der Waals surface area contributed by atoms with Crippen LogP contribution >= 0.6 is 0 Å². The van der Waals surface area contributed by atoms with Gasteiger partial charge in [0.2, 0.25) is 0 Å². The molecule has 15 heavy (non-hydrogen) atoms. The Morgan fingerprint density at radius 3 is 1.47 bits per heavy atom. The van der Waals surface area contributed by atoms with Crippen molar-refractivity contribution in [2.45, 2.75) is 13.8 Å². The van der Waals surface area contributed by atoms with E-state index in [9.17, 15) is 0 Å². The molecule has 0 radical (unpaired) electrons. The lowest BCUT2D eigenvalue weighted by molar-refractivity contribution is -0.254. The molecule has 2 rings (SSSR count). The summed E-state index contributed by atoms with van der Waals surface area (Å²) in [6, 6.07) is 18.4. The number of quaternary nitrogens is 1. The van der Waals surface area contributed by atoms with E-state index in [1.807, 2.05) is 30.3 Å². The number of rotatable bonds is 0. The van der Waals surface area contributed by atoms with E-state index in [0.29, 0.717) is 0 Å². The van der Waals surface area contributed by atoms with Crippen LogP contribution in [0.25, 0.3) is 0 Å². The Morgan fingerprint density at radius 2 is 1.13 bits per heavy atom. The summed E-state index contributed by atoms with van der Waals surface area (Å²) in [6.07, 6.45) is 0. The molecule has 3 N–H and O–H groups in total. The smallest absolute Gasteiger partial charge is 0.127 e. The largest absolute Gasteiger partial charge is 0.325 e. The van der Waals surface area contributed by atoms with Crippen molar-refractivity contribution in [3.8, 4) is 0 Å². The van der Waals surface area contributed by atoms with Crippen molar-refractivity contribution in [3.63, 3.8) is 0 Å². The van der Waals surface area contributed by atoms with Gasteiger partial charge >= 0.3 is 0 Å². The molecule has 0 fully saturated rings. The lowest BCUT2D eigenvalue weighted by Crippen LogP contribution is -2.39. The van der Waals surface area contributed by atoms with Gasteiger partial charge in [0, 0.05) is 0 Å². The highest BCUT2D eigenvalue weighted by atomic mass is 14.5. The number of hydrogen-bond acceptors (Lipinski definition) is 0. The summed E-state index contributed by atoms with van der Waals surface area (Å²) in [6.45, 7) is 4.15. The van der Waals surface area contributed by atoms with Gasteiger partial charge in [0.25, 0.3) is 0 Å². The summed E-state index contributed by atoms with van der Waals surface area (Å²) < 4.78 is 0. The molecule has 78 valence electrons. The maximum absolute atomic E-state index is 3.76. The van der Waals surface area contributed by atoms with Gasteiger partial charge in [-0.05, 0) is 26.0 Å². The molecule has 1 heteroatoms. The zero-order chi connectivity index (χ0) is 11.1. The van der Waals surface area contributed by atoms with Crippen molar-refractivity contribution < 1.29 is 5.73 Å². The molecular weight excluding hydrogens is 182 g/mol. The number of aryl methyl sites for hydroxylation is 2. The van der Waals surface area contributed by atoms with E-state index in [0.717, 1.165) is 5.69 Å². The van der Waals surface area contributed by atoms with Gasteiger partial charge < -0.3 is 5.73 Å². The first-order valence-electron chi connectivity index (χ1n) is 5.09. The fourth-order valence-corrected chi connectivity index (χ4v) is 1.12. The highest BCUT2D eigenvalue weighted by Crippen LogP contribution is 2.00. The minimum Gasteiger partial charge on any atom is -0.325 e. The van der Waals surface area contributed by atoms with Gasteiger partial charge in [0.1, 0.15) is 5.69 Å². The third kappa shape index (κ3) is 4.99. The third-order valence-corrected chi connectivity index (χ3v) is 2.06. The molecule has 2 aromatic rings. The molecule has 0 aliphatic carbocycles. The van der Waals surface area contributed by atoms with E-state index in [4.69, 9.17) is 0 Å². The second kappa shape index (κ2) is 5.99. The van der Waals surface area contributed by atoms with Crippen molar-refractivity contribution in [2.24, 2.45) is 0 Å². The van der Waals surface area contributed by atoms with Crippen LogP contribution in [0.15, 0.2) is 54.6 Å². The fraction of sp³-hybridized carbons (Fsp3) is 0.143. The monoisotopic (exact) mass is 200 g/mol. The van der Waals surface area contributed by atoms with Gasteiger partial charge in [-0.2, -0.15) is 0 Å². The maximum Gasteiger partial charge on any atom is 0.127 e. The van der Waals surface area contributed by atoms with Crippen molar-refractivity contribution >= 4 is 5.69 Å². The quantitative estimate of drug-likeness (QED) is 0.677. The van der Waals surface area contributed by atoms with Crippen LogP contribution in [0, 0.1) is 13.8 Å². The first-order valence-corrected chi connectivity index (χ1v) is 5.09. The van der Waals surface area contributed by atoms with E-state index in [2.05, 4.69) is 43.8 Å². The molecule has 0 atom stereocenters.